The number of urea groups is 1. The first-order valence-electron chi connectivity index (χ1n) is 10.3. The van der Waals surface area contributed by atoms with Crippen molar-refractivity contribution in [2.75, 3.05) is 39.3 Å². The summed E-state index contributed by atoms with van der Waals surface area (Å²) in [5.41, 5.74) is 0. The number of hydrogen-bond acceptors (Lipinski definition) is 4. The SMILES string of the molecule is CCN(CC(=O)O)C1CC(NC(=O)N2CCCC(N3CCCC3)CC2)C1. The number of carboxylic acids is 1. The Labute approximate surface area is 156 Å². The molecule has 0 aromatic rings. The van der Waals surface area contributed by atoms with Gasteiger partial charge in [-0.05, 0) is 64.6 Å². The van der Waals surface area contributed by atoms with Gasteiger partial charge in [-0.3, -0.25) is 9.69 Å². The van der Waals surface area contributed by atoms with E-state index in [1.807, 2.05) is 16.7 Å². The average Bonchev–Trinajstić information content (AvgIpc) is 3.00. The summed E-state index contributed by atoms with van der Waals surface area (Å²) >= 11 is 0. The summed E-state index contributed by atoms with van der Waals surface area (Å²) in [4.78, 5) is 30.1. The number of nitrogens with zero attached hydrogens (tertiary/aromatic N) is 3. The van der Waals surface area contributed by atoms with Crippen LogP contribution in [0.1, 0.15) is 51.9 Å². The highest BCUT2D eigenvalue weighted by Gasteiger charge is 2.35. The van der Waals surface area contributed by atoms with E-state index < -0.39 is 5.97 Å². The van der Waals surface area contributed by atoms with E-state index in [0.717, 1.165) is 45.3 Å². The fourth-order valence-electron chi connectivity index (χ4n) is 4.70. The molecule has 1 atom stereocenters. The third-order valence-corrected chi connectivity index (χ3v) is 6.34. The van der Waals surface area contributed by atoms with Gasteiger partial charge in [-0.1, -0.05) is 6.92 Å². The number of aliphatic carboxylic acids is 1. The molecule has 148 valence electrons. The van der Waals surface area contributed by atoms with Gasteiger partial charge in [0.25, 0.3) is 0 Å². The first-order valence-corrected chi connectivity index (χ1v) is 10.3. The van der Waals surface area contributed by atoms with Crippen LogP contribution in [0.3, 0.4) is 0 Å². The third-order valence-electron chi connectivity index (χ3n) is 6.34. The van der Waals surface area contributed by atoms with Crippen molar-refractivity contribution in [2.24, 2.45) is 0 Å². The second kappa shape index (κ2) is 9.04. The molecule has 0 aromatic heterocycles. The first-order chi connectivity index (χ1) is 12.6. The molecule has 0 aromatic carbocycles. The van der Waals surface area contributed by atoms with Gasteiger partial charge in [0.05, 0.1) is 6.54 Å². The van der Waals surface area contributed by atoms with Crippen LogP contribution in [0.5, 0.6) is 0 Å². The third kappa shape index (κ3) is 4.88. The summed E-state index contributed by atoms with van der Waals surface area (Å²) < 4.78 is 0. The number of amides is 2. The van der Waals surface area contributed by atoms with Gasteiger partial charge in [0.15, 0.2) is 0 Å². The summed E-state index contributed by atoms with van der Waals surface area (Å²) in [5.74, 6) is -0.781. The van der Waals surface area contributed by atoms with Crippen LogP contribution >= 0.6 is 0 Å². The van der Waals surface area contributed by atoms with Crippen molar-refractivity contribution in [1.29, 1.82) is 0 Å². The molecule has 2 aliphatic heterocycles. The molecule has 0 radical (unpaired) electrons. The zero-order valence-electron chi connectivity index (χ0n) is 16.0. The number of carboxylic acid groups (broad SMARTS) is 1. The summed E-state index contributed by atoms with van der Waals surface area (Å²) in [7, 11) is 0. The summed E-state index contributed by atoms with van der Waals surface area (Å²) in [5, 5.41) is 12.1. The van der Waals surface area contributed by atoms with Crippen LogP contribution in [-0.2, 0) is 4.79 Å². The predicted octanol–water partition coefficient (Wildman–Crippen LogP) is 1.58. The zero-order valence-corrected chi connectivity index (χ0v) is 16.0. The number of hydrogen-bond donors (Lipinski definition) is 2. The molecular formula is C19H34N4O3. The highest BCUT2D eigenvalue weighted by Crippen LogP contribution is 2.26. The van der Waals surface area contributed by atoms with E-state index in [9.17, 15) is 9.59 Å². The standard InChI is InChI=1S/C19H34N4O3/c1-2-21(14-18(24)25)17-12-15(13-17)20-19(26)23-10-5-6-16(7-11-23)22-8-3-4-9-22/h15-17H,2-14H2,1H3,(H,20,26)(H,24,25). The summed E-state index contributed by atoms with van der Waals surface area (Å²) in [6.45, 7) is 6.97. The van der Waals surface area contributed by atoms with Crippen LogP contribution in [0.15, 0.2) is 0 Å². The number of likely N-dealkylation sites (N-methyl/N-ethyl adjacent to an activating group) is 1. The van der Waals surface area contributed by atoms with Crippen LogP contribution in [-0.4, -0.2) is 89.2 Å². The Kier molecular flexibility index (Phi) is 6.75. The topological polar surface area (TPSA) is 76.1 Å². The quantitative estimate of drug-likeness (QED) is 0.746. The van der Waals surface area contributed by atoms with E-state index in [0.29, 0.717) is 6.04 Å². The monoisotopic (exact) mass is 366 g/mol. The van der Waals surface area contributed by atoms with Gasteiger partial charge in [-0.25, -0.2) is 4.79 Å². The Morgan fingerprint density at radius 1 is 1.08 bits per heavy atom. The minimum atomic E-state index is -0.781. The van der Waals surface area contributed by atoms with E-state index in [1.165, 1.54) is 32.4 Å². The minimum absolute atomic E-state index is 0.0665. The number of carbonyl (C=O) groups is 2. The number of likely N-dealkylation sites (tertiary alicyclic amines) is 2. The lowest BCUT2D eigenvalue weighted by Gasteiger charge is -2.42. The van der Waals surface area contributed by atoms with Crippen molar-refractivity contribution in [1.82, 2.24) is 20.0 Å². The molecule has 2 amide bonds. The Morgan fingerprint density at radius 2 is 1.81 bits per heavy atom. The van der Waals surface area contributed by atoms with Crippen molar-refractivity contribution in [3.63, 3.8) is 0 Å². The maximum absolute atomic E-state index is 12.6. The largest absolute Gasteiger partial charge is 0.480 e. The number of carbonyl (C=O) groups excluding carboxylic acids is 1. The molecule has 1 aliphatic carbocycles. The van der Waals surface area contributed by atoms with E-state index in [4.69, 9.17) is 5.11 Å². The molecule has 2 heterocycles. The Hall–Kier alpha value is -1.34. The Bertz CT molecular complexity index is 489. The molecule has 3 fully saturated rings. The van der Waals surface area contributed by atoms with Crippen molar-refractivity contribution in [3.8, 4) is 0 Å². The lowest BCUT2D eigenvalue weighted by atomic mass is 9.85. The maximum atomic E-state index is 12.6. The highest BCUT2D eigenvalue weighted by molar-refractivity contribution is 5.74. The second-order valence-electron chi connectivity index (χ2n) is 8.04. The van der Waals surface area contributed by atoms with Gasteiger partial charge in [-0.15, -0.1) is 0 Å². The molecule has 2 saturated heterocycles. The smallest absolute Gasteiger partial charge is 0.317 e. The summed E-state index contributed by atoms with van der Waals surface area (Å²) in [6.07, 6.45) is 7.73. The molecule has 7 nitrogen and oxygen atoms in total. The molecule has 0 bridgehead atoms. The van der Waals surface area contributed by atoms with Crippen LogP contribution < -0.4 is 5.32 Å². The lowest BCUT2D eigenvalue weighted by molar-refractivity contribution is -0.139. The molecule has 7 heteroatoms. The minimum Gasteiger partial charge on any atom is -0.480 e. The fourth-order valence-corrected chi connectivity index (χ4v) is 4.70. The molecule has 1 saturated carbocycles. The van der Waals surface area contributed by atoms with Crippen LogP contribution in [0.25, 0.3) is 0 Å². The van der Waals surface area contributed by atoms with Crippen molar-refractivity contribution >= 4 is 12.0 Å². The lowest BCUT2D eigenvalue weighted by Crippen LogP contribution is -2.57. The van der Waals surface area contributed by atoms with Gasteiger partial charge < -0.3 is 20.2 Å². The number of rotatable bonds is 6. The van der Waals surface area contributed by atoms with Gasteiger partial charge in [0.2, 0.25) is 0 Å². The van der Waals surface area contributed by atoms with Crippen molar-refractivity contribution in [3.05, 3.63) is 0 Å². The van der Waals surface area contributed by atoms with Crippen molar-refractivity contribution in [2.45, 2.75) is 70.0 Å². The molecular weight excluding hydrogens is 332 g/mol. The van der Waals surface area contributed by atoms with Gasteiger partial charge in [0, 0.05) is 31.2 Å². The molecule has 0 spiro atoms. The number of nitrogens with one attached hydrogen (secondary N) is 1. The first kappa shape index (κ1) is 19.4. The normalized spacial score (nSPS) is 30.1. The Balaban J connectivity index is 1.39. The average molecular weight is 367 g/mol. The molecule has 3 rings (SSSR count). The van der Waals surface area contributed by atoms with Crippen LogP contribution in [0.4, 0.5) is 4.79 Å². The predicted molar refractivity (Wildman–Crippen MR) is 100 cm³/mol. The van der Waals surface area contributed by atoms with Gasteiger partial charge >= 0.3 is 12.0 Å². The van der Waals surface area contributed by atoms with Gasteiger partial charge in [-0.2, -0.15) is 0 Å². The second-order valence-corrected chi connectivity index (χ2v) is 8.04. The molecule has 26 heavy (non-hydrogen) atoms. The van der Waals surface area contributed by atoms with E-state index in [1.54, 1.807) is 0 Å². The van der Waals surface area contributed by atoms with Crippen LogP contribution in [0, 0.1) is 0 Å². The highest BCUT2D eigenvalue weighted by atomic mass is 16.4. The van der Waals surface area contributed by atoms with E-state index >= 15 is 0 Å². The Morgan fingerprint density at radius 3 is 2.46 bits per heavy atom. The van der Waals surface area contributed by atoms with E-state index in [2.05, 4.69) is 10.2 Å². The van der Waals surface area contributed by atoms with Crippen molar-refractivity contribution < 1.29 is 14.7 Å². The maximum Gasteiger partial charge on any atom is 0.317 e. The summed E-state index contributed by atoms with van der Waals surface area (Å²) in [6, 6.07) is 1.19. The molecule has 1 unspecified atom stereocenters. The molecule has 2 N–H and O–H groups in total. The fraction of sp³-hybridized carbons (Fsp3) is 0.895. The van der Waals surface area contributed by atoms with Gasteiger partial charge in [0.1, 0.15) is 0 Å². The molecule has 3 aliphatic rings. The van der Waals surface area contributed by atoms with Crippen LogP contribution in [0.2, 0.25) is 0 Å². The zero-order chi connectivity index (χ0) is 18.5. The van der Waals surface area contributed by atoms with E-state index in [-0.39, 0.29) is 24.7 Å².